The number of aryl methyl sites for hydroxylation is 1. The summed E-state index contributed by atoms with van der Waals surface area (Å²) >= 11 is 0. The molecule has 0 aromatic heterocycles. The van der Waals surface area contributed by atoms with Crippen LogP contribution in [0.15, 0.2) is 18.2 Å². The minimum atomic E-state index is 0.0416. The number of nitrogens with one attached hydrogen (secondary N) is 1. The zero-order chi connectivity index (χ0) is 12.3. The molecule has 0 saturated heterocycles. The maximum absolute atomic E-state index is 11.9. The monoisotopic (exact) mass is 219 g/mol. The minimum Gasteiger partial charge on any atom is -0.326 e. The molecule has 1 unspecified atom stereocenters. The van der Waals surface area contributed by atoms with Gasteiger partial charge in [-0.1, -0.05) is 32.9 Å². The van der Waals surface area contributed by atoms with Gasteiger partial charge in [0.1, 0.15) is 0 Å². The Balaban J connectivity index is 2.81. The number of carbonyl (C=O) groups excluding carboxylic acids is 1. The third-order valence-corrected chi connectivity index (χ3v) is 3.28. The van der Waals surface area contributed by atoms with E-state index in [9.17, 15) is 4.79 Å². The fourth-order valence-electron chi connectivity index (χ4n) is 1.44. The van der Waals surface area contributed by atoms with Crippen molar-refractivity contribution in [2.24, 2.45) is 11.8 Å². The second-order valence-electron chi connectivity index (χ2n) is 4.77. The molecule has 0 radical (unpaired) electrons. The van der Waals surface area contributed by atoms with Gasteiger partial charge in [-0.25, -0.2) is 0 Å². The highest BCUT2D eigenvalue weighted by molar-refractivity contribution is 5.93. The van der Waals surface area contributed by atoms with E-state index in [1.807, 2.05) is 26.0 Å². The lowest BCUT2D eigenvalue weighted by Crippen LogP contribution is -2.24. The van der Waals surface area contributed by atoms with Crippen LogP contribution in [-0.4, -0.2) is 5.91 Å². The molecule has 88 valence electrons. The highest BCUT2D eigenvalue weighted by Gasteiger charge is 2.17. The molecule has 0 saturated carbocycles. The van der Waals surface area contributed by atoms with Gasteiger partial charge in [-0.15, -0.1) is 0 Å². The molecule has 0 bridgehead atoms. The second-order valence-corrected chi connectivity index (χ2v) is 4.77. The second kappa shape index (κ2) is 5.15. The van der Waals surface area contributed by atoms with Crippen molar-refractivity contribution in [3.8, 4) is 0 Å². The lowest BCUT2D eigenvalue weighted by molar-refractivity contribution is -0.120. The molecule has 2 heteroatoms. The Morgan fingerprint density at radius 3 is 2.38 bits per heavy atom. The lowest BCUT2D eigenvalue weighted by atomic mass is 9.97. The molecule has 2 nitrogen and oxygen atoms in total. The molecule has 1 aromatic carbocycles. The van der Waals surface area contributed by atoms with Crippen molar-refractivity contribution >= 4 is 11.6 Å². The smallest absolute Gasteiger partial charge is 0.227 e. The summed E-state index contributed by atoms with van der Waals surface area (Å²) in [6, 6.07) is 5.97. The van der Waals surface area contributed by atoms with Gasteiger partial charge in [-0.05, 0) is 37.0 Å². The van der Waals surface area contributed by atoms with Gasteiger partial charge in [-0.2, -0.15) is 0 Å². The first-order valence-electron chi connectivity index (χ1n) is 5.80. The van der Waals surface area contributed by atoms with Crippen molar-refractivity contribution in [1.29, 1.82) is 0 Å². The summed E-state index contributed by atoms with van der Waals surface area (Å²) in [4.78, 5) is 11.9. The van der Waals surface area contributed by atoms with Crippen molar-refractivity contribution in [2.45, 2.75) is 34.6 Å². The summed E-state index contributed by atoms with van der Waals surface area (Å²) in [5.74, 6) is 0.508. The molecule has 1 atom stereocenters. The van der Waals surface area contributed by atoms with Gasteiger partial charge in [-0.3, -0.25) is 4.79 Å². The summed E-state index contributed by atoms with van der Waals surface area (Å²) in [5, 5.41) is 2.99. The molecule has 0 fully saturated rings. The van der Waals surface area contributed by atoms with Crippen LogP contribution in [0.3, 0.4) is 0 Å². The highest BCUT2D eigenvalue weighted by Crippen LogP contribution is 2.20. The van der Waals surface area contributed by atoms with Crippen LogP contribution in [0.4, 0.5) is 5.69 Å². The molecule has 1 N–H and O–H groups in total. The van der Waals surface area contributed by atoms with Gasteiger partial charge in [0.05, 0.1) is 0 Å². The van der Waals surface area contributed by atoms with E-state index >= 15 is 0 Å². The van der Waals surface area contributed by atoms with Gasteiger partial charge in [0.2, 0.25) is 5.91 Å². The number of hydrogen-bond donors (Lipinski definition) is 1. The van der Waals surface area contributed by atoms with Crippen LogP contribution in [-0.2, 0) is 4.79 Å². The summed E-state index contributed by atoms with van der Waals surface area (Å²) < 4.78 is 0. The first-order valence-corrected chi connectivity index (χ1v) is 5.80. The van der Waals surface area contributed by atoms with Crippen LogP contribution < -0.4 is 5.32 Å². The Hall–Kier alpha value is -1.31. The SMILES string of the molecule is Cc1cccc(NC(=O)C(C)C(C)C)c1C. The Labute approximate surface area is 98.1 Å². The Bertz CT molecular complexity index is 382. The van der Waals surface area contributed by atoms with E-state index in [4.69, 9.17) is 0 Å². The molecule has 1 amide bonds. The van der Waals surface area contributed by atoms with Gasteiger partial charge in [0.15, 0.2) is 0 Å². The molecule has 1 aromatic rings. The standard InChI is InChI=1S/C14H21NO/c1-9(2)11(4)14(16)15-13-8-6-7-10(3)12(13)5/h6-9,11H,1-5H3,(H,15,16). The quantitative estimate of drug-likeness (QED) is 0.827. The topological polar surface area (TPSA) is 29.1 Å². The summed E-state index contributed by atoms with van der Waals surface area (Å²) in [6.45, 7) is 10.2. The van der Waals surface area contributed by atoms with E-state index in [0.717, 1.165) is 11.3 Å². The van der Waals surface area contributed by atoms with Crippen LogP contribution >= 0.6 is 0 Å². The van der Waals surface area contributed by atoms with E-state index in [2.05, 4.69) is 32.2 Å². The van der Waals surface area contributed by atoms with Crippen LogP contribution in [0.1, 0.15) is 31.9 Å². The molecular weight excluding hydrogens is 198 g/mol. The third-order valence-electron chi connectivity index (χ3n) is 3.28. The number of rotatable bonds is 3. The molecule has 0 aliphatic rings. The van der Waals surface area contributed by atoms with Crippen LogP contribution in [0.5, 0.6) is 0 Å². The fraction of sp³-hybridized carbons (Fsp3) is 0.500. The first kappa shape index (κ1) is 12.8. The van der Waals surface area contributed by atoms with E-state index in [0.29, 0.717) is 5.92 Å². The lowest BCUT2D eigenvalue weighted by Gasteiger charge is -2.17. The summed E-state index contributed by atoms with van der Waals surface area (Å²) in [5.41, 5.74) is 3.28. The predicted octanol–water partition coefficient (Wildman–Crippen LogP) is 3.53. The number of carbonyl (C=O) groups is 1. The van der Waals surface area contributed by atoms with E-state index in [1.54, 1.807) is 0 Å². The van der Waals surface area contributed by atoms with Crippen LogP contribution in [0.2, 0.25) is 0 Å². The van der Waals surface area contributed by atoms with Gasteiger partial charge in [0, 0.05) is 11.6 Å². The Morgan fingerprint density at radius 1 is 1.19 bits per heavy atom. The van der Waals surface area contributed by atoms with Crippen LogP contribution in [0, 0.1) is 25.7 Å². The van der Waals surface area contributed by atoms with E-state index in [1.165, 1.54) is 5.56 Å². The Kier molecular flexibility index (Phi) is 4.11. The van der Waals surface area contributed by atoms with Crippen molar-refractivity contribution < 1.29 is 4.79 Å². The fourth-order valence-corrected chi connectivity index (χ4v) is 1.44. The first-order chi connectivity index (χ1) is 7.43. The summed E-state index contributed by atoms with van der Waals surface area (Å²) in [7, 11) is 0. The molecule has 0 spiro atoms. The number of amides is 1. The largest absolute Gasteiger partial charge is 0.326 e. The van der Waals surface area contributed by atoms with E-state index < -0.39 is 0 Å². The third kappa shape index (κ3) is 2.84. The normalized spacial score (nSPS) is 12.6. The minimum absolute atomic E-state index is 0.0416. The van der Waals surface area contributed by atoms with E-state index in [-0.39, 0.29) is 11.8 Å². The molecule has 0 aliphatic heterocycles. The number of hydrogen-bond acceptors (Lipinski definition) is 1. The van der Waals surface area contributed by atoms with Gasteiger partial charge >= 0.3 is 0 Å². The zero-order valence-electron chi connectivity index (χ0n) is 10.8. The Morgan fingerprint density at radius 2 is 1.81 bits per heavy atom. The average molecular weight is 219 g/mol. The predicted molar refractivity (Wildman–Crippen MR) is 68.5 cm³/mol. The van der Waals surface area contributed by atoms with Crippen molar-refractivity contribution in [1.82, 2.24) is 0 Å². The number of benzene rings is 1. The maximum atomic E-state index is 11.9. The van der Waals surface area contributed by atoms with Crippen molar-refractivity contribution in [3.63, 3.8) is 0 Å². The number of anilines is 1. The zero-order valence-corrected chi connectivity index (χ0v) is 10.8. The maximum Gasteiger partial charge on any atom is 0.227 e. The van der Waals surface area contributed by atoms with Gasteiger partial charge < -0.3 is 5.32 Å². The molecular formula is C14H21NO. The molecule has 1 rings (SSSR count). The van der Waals surface area contributed by atoms with Gasteiger partial charge in [0.25, 0.3) is 0 Å². The molecule has 0 aliphatic carbocycles. The molecule has 16 heavy (non-hydrogen) atoms. The van der Waals surface area contributed by atoms with Crippen molar-refractivity contribution in [2.75, 3.05) is 5.32 Å². The van der Waals surface area contributed by atoms with Crippen molar-refractivity contribution in [3.05, 3.63) is 29.3 Å². The molecule has 0 heterocycles. The van der Waals surface area contributed by atoms with Crippen LogP contribution in [0.25, 0.3) is 0 Å². The summed E-state index contributed by atoms with van der Waals surface area (Å²) in [6.07, 6.45) is 0. The average Bonchev–Trinajstić information content (AvgIpc) is 2.23. The highest BCUT2D eigenvalue weighted by atomic mass is 16.1.